The van der Waals surface area contributed by atoms with Crippen molar-refractivity contribution in [1.29, 1.82) is 0 Å². The van der Waals surface area contributed by atoms with Gasteiger partial charge >= 0.3 is 0 Å². The molecule has 130 valence electrons. The van der Waals surface area contributed by atoms with E-state index in [1.165, 1.54) is 0 Å². The summed E-state index contributed by atoms with van der Waals surface area (Å²) in [5.74, 6) is 1.30. The van der Waals surface area contributed by atoms with E-state index < -0.39 is 0 Å². The van der Waals surface area contributed by atoms with Crippen molar-refractivity contribution in [3.8, 4) is 5.75 Å². The number of benzene rings is 1. The predicted molar refractivity (Wildman–Crippen MR) is 93.2 cm³/mol. The van der Waals surface area contributed by atoms with Gasteiger partial charge in [-0.1, -0.05) is 12.1 Å². The van der Waals surface area contributed by atoms with Crippen molar-refractivity contribution >= 4 is 17.6 Å². The third kappa shape index (κ3) is 3.52. The molecule has 0 bridgehead atoms. The second kappa shape index (κ2) is 6.76. The molecule has 3 rings (SSSR count). The van der Waals surface area contributed by atoms with Crippen LogP contribution in [0.1, 0.15) is 22.5 Å². The van der Waals surface area contributed by atoms with Crippen LogP contribution in [0.15, 0.2) is 24.3 Å². The van der Waals surface area contributed by atoms with Crippen LogP contribution < -0.4 is 15.8 Å². The molecule has 0 saturated heterocycles. The molecule has 8 nitrogen and oxygen atoms in total. The normalized spacial score (nSPS) is 10.8. The highest BCUT2D eigenvalue weighted by atomic mass is 16.5. The molecule has 3 aromatic rings. The Morgan fingerprint density at radius 3 is 2.64 bits per heavy atom. The average Bonchev–Trinajstić information content (AvgIpc) is 2.97. The molecule has 0 aliphatic rings. The van der Waals surface area contributed by atoms with Gasteiger partial charge in [0.1, 0.15) is 5.75 Å². The summed E-state index contributed by atoms with van der Waals surface area (Å²) in [6.07, 6.45) is 0.219. The zero-order valence-electron chi connectivity index (χ0n) is 14.4. The summed E-state index contributed by atoms with van der Waals surface area (Å²) in [5.41, 5.74) is 9.00. The summed E-state index contributed by atoms with van der Waals surface area (Å²) >= 11 is 0. The Kier molecular flexibility index (Phi) is 4.51. The molecule has 2 heterocycles. The summed E-state index contributed by atoms with van der Waals surface area (Å²) in [6.45, 7) is 4.18. The lowest BCUT2D eigenvalue weighted by atomic mass is 10.1. The smallest absolute Gasteiger partial charge is 0.254 e. The number of nitrogen functional groups attached to an aromatic ring is 1. The molecule has 1 amide bonds. The van der Waals surface area contributed by atoms with Crippen LogP contribution in [0.25, 0.3) is 5.78 Å². The molecule has 0 aliphatic carbocycles. The van der Waals surface area contributed by atoms with E-state index in [0.717, 1.165) is 28.3 Å². The minimum atomic E-state index is -0.0868. The van der Waals surface area contributed by atoms with Crippen LogP contribution in [-0.4, -0.2) is 32.6 Å². The number of aromatic nitrogens is 4. The van der Waals surface area contributed by atoms with Crippen LogP contribution in [0.4, 0.5) is 5.95 Å². The number of fused-ring (bicyclic) bond motifs is 1. The fourth-order valence-corrected chi connectivity index (χ4v) is 2.65. The molecule has 0 fully saturated rings. The first kappa shape index (κ1) is 16.7. The lowest BCUT2D eigenvalue weighted by Crippen LogP contribution is -2.25. The molecular weight excluding hydrogens is 320 g/mol. The third-order valence-electron chi connectivity index (χ3n) is 4.05. The van der Waals surface area contributed by atoms with Gasteiger partial charge in [0, 0.05) is 23.5 Å². The van der Waals surface area contributed by atoms with E-state index in [9.17, 15) is 4.79 Å². The van der Waals surface area contributed by atoms with Gasteiger partial charge < -0.3 is 15.8 Å². The van der Waals surface area contributed by atoms with E-state index in [2.05, 4.69) is 20.4 Å². The fraction of sp³-hybridized carbons (Fsp3) is 0.294. The lowest BCUT2D eigenvalue weighted by Gasteiger charge is -2.11. The van der Waals surface area contributed by atoms with Gasteiger partial charge in [-0.2, -0.15) is 9.50 Å². The number of carbonyl (C=O) groups excluding carboxylic acids is 1. The Morgan fingerprint density at radius 2 is 1.96 bits per heavy atom. The monoisotopic (exact) mass is 340 g/mol. The van der Waals surface area contributed by atoms with Gasteiger partial charge in [0.15, 0.2) is 0 Å². The van der Waals surface area contributed by atoms with Crippen LogP contribution >= 0.6 is 0 Å². The van der Waals surface area contributed by atoms with E-state index in [0.29, 0.717) is 12.3 Å². The van der Waals surface area contributed by atoms with Crippen LogP contribution in [0, 0.1) is 13.8 Å². The number of carbonyl (C=O) groups is 1. The number of methoxy groups -OCH3 is 1. The summed E-state index contributed by atoms with van der Waals surface area (Å²) in [5, 5.41) is 7.02. The first-order chi connectivity index (χ1) is 12.0. The van der Waals surface area contributed by atoms with Crippen molar-refractivity contribution in [2.45, 2.75) is 26.8 Å². The van der Waals surface area contributed by atoms with Gasteiger partial charge in [-0.05, 0) is 31.5 Å². The Morgan fingerprint density at radius 1 is 1.24 bits per heavy atom. The predicted octanol–water partition coefficient (Wildman–Crippen LogP) is 1.19. The second-order valence-corrected chi connectivity index (χ2v) is 5.74. The molecule has 0 spiro atoms. The maximum Gasteiger partial charge on any atom is 0.254 e. The number of nitrogens with zero attached hydrogens (tertiary/aromatic N) is 4. The first-order valence-electron chi connectivity index (χ1n) is 7.86. The number of ether oxygens (including phenoxy) is 1. The summed E-state index contributed by atoms with van der Waals surface area (Å²) < 4.78 is 6.68. The topological polar surface area (TPSA) is 107 Å². The first-order valence-corrected chi connectivity index (χ1v) is 7.86. The number of amides is 1. The Labute approximate surface area is 145 Å². The lowest BCUT2D eigenvalue weighted by molar-refractivity contribution is -0.120. The largest absolute Gasteiger partial charge is 0.497 e. The SMILES string of the molecule is COc1ccc(CNC(=O)Cc2c(C)nc3nc(N)nn3c2C)cc1. The fourth-order valence-electron chi connectivity index (χ4n) is 2.65. The average molecular weight is 340 g/mol. The van der Waals surface area contributed by atoms with Gasteiger partial charge in [-0.25, -0.2) is 4.98 Å². The maximum absolute atomic E-state index is 12.3. The molecule has 3 N–H and O–H groups in total. The summed E-state index contributed by atoms with van der Waals surface area (Å²) in [7, 11) is 1.62. The third-order valence-corrected chi connectivity index (χ3v) is 4.05. The number of hydrogen-bond donors (Lipinski definition) is 2. The second-order valence-electron chi connectivity index (χ2n) is 5.74. The van der Waals surface area contributed by atoms with E-state index in [-0.39, 0.29) is 18.3 Å². The molecule has 1 aromatic carbocycles. The van der Waals surface area contributed by atoms with Crippen LogP contribution in [0.5, 0.6) is 5.75 Å². The van der Waals surface area contributed by atoms with Gasteiger partial charge in [0.25, 0.3) is 5.78 Å². The quantitative estimate of drug-likeness (QED) is 0.722. The molecule has 0 atom stereocenters. The van der Waals surface area contributed by atoms with Crippen molar-refractivity contribution < 1.29 is 9.53 Å². The molecule has 0 saturated carbocycles. The number of nitrogens with two attached hydrogens (primary N) is 1. The molecule has 25 heavy (non-hydrogen) atoms. The molecular formula is C17H20N6O2. The van der Waals surface area contributed by atoms with Crippen molar-refractivity contribution in [2.75, 3.05) is 12.8 Å². The minimum absolute atomic E-state index is 0.0868. The Hall–Kier alpha value is -3.16. The maximum atomic E-state index is 12.3. The minimum Gasteiger partial charge on any atom is -0.497 e. The molecule has 2 aromatic heterocycles. The van der Waals surface area contributed by atoms with Gasteiger partial charge in [-0.15, -0.1) is 5.10 Å². The molecule has 0 radical (unpaired) electrons. The van der Waals surface area contributed by atoms with Crippen molar-refractivity contribution in [1.82, 2.24) is 24.9 Å². The van der Waals surface area contributed by atoms with Crippen molar-refractivity contribution in [3.63, 3.8) is 0 Å². The Balaban J connectivity index is 1.71. The van der Waals surface area contributed by atoms with E-state index >= 15 is 0 Å². The van der Waals surface area contributed by atoms with Crippen LogP contribution in [-0.2, 0) is 17.8 Å². The molecule has 0 aliphatic heterocycles. The highest BCUT2D eigenvalue weighted by molar-refractivity contribution is 5.79. The van der Waals surface area contributed by atoms with Crippen LogP contribution in [0.3, 0.4) is 0 Å². The van der Waals surface area contributed by atoms with Gasteiger partial charge in [0.2, 0.25) is 11.9 Å². The van der Waals surface area contributed by atoms with Crippen molar-refractivity contribution in [3.05, 3.63) is 46.8 Å². The number of nitrogens with one attached hydrogen (secondary N) is 1. The van der Waals surface area contributed by atoms with E-state index in [4.69, 9.17) is 10.5 Å². The van der Waals surface area contributed by atoms with Crippen molar-refractivity contribution in [2.24, 2.45) is 0 Å². The van der Waals surface area contributed by atoms with Crippen LogP contribution in [0.2, 0.25) is 0 Å². The van der Waals surface area contributed by atoms with E-state index in [1.807, 2.05) is 38.1 Å². The number of aryl methyl sites for hydroxylation is 2. The zero-order valence-corrected chi connectivity index (χ0v) is 14.4. The number of rotatable bonds is 5. The zero-order chi connectivity index (χ0) is 18.0. The van der Waals surface area contributed by atoms with E-state index in [1.54, 1.807) is 11.6 Å². The highest BCUT2D eigenvalue weighted by Gasteiger charge is 2.15. The number of hydrogen-bond acceptors (Lipinski definition) is 6. The number of anilines is 1. The molecule has 8 heteroatoms. The summed E-state index contributed by atoms with van der Waals surface area (Å²) in [4.78, 5) is 20.7. The summed E-state index contributed by atoms with van der Waals surface area (Å²) in [6, 6.07) is 7.56. The highest BCUT2D eigenvalue weighted by Crippen LogP contribution is 2.15. The molecule has 0 unspecified atom stereocenters. The Bertz CT molecular complexity index is 917. The van der Waals surface area contributed by atoms with Gasteiger partial charge in [-0.3, -0.25) is 4.79 Å². The van der Waals surface area contributed by atoms with Gasteiger partial charge in [0.05, 0.1) is 13.5 Å². The standard InChI is InChI=1S/C17H20N6O2/c1-10-14(11(2)23-17(20-10)21-16(18)22-23)8-15(24)19-9-12-4-6-13(25-3)7-5-12/h4-7H,8-9H2,1-3H3,(H2,18,22)(H,19,24).